The van der Waals surface area contributed by atoms with Crippen molar-refractivity contribution in [3.63, 3.8) is 0 Å². The molecule has 1 fully saturated rings. The molecule has 0 spiro atoms. The largest absolute Gasteiger partial charge is 0.475 e. The lowest BCUT2D eigenvalue weighted by molar-refractivity contribution is 0.215. The molecule has 0 aromatic carbocycles. The summed E-state index contributed by atoms with van der Waals surface area (Å²) in [6.45, 7) is 6.85. The van der Waals surface area contributed by atoms with Gasteiger partial charge in [0, 0.05) is 12.3 Å². The van der Waals surface area contributed by atoms with E-state index in [4.69, 9.17) is 9.47 Å². The fourth-order valence-corrected chi connectivity index (χ4v) is 2.19. The molecule has 0 aliphatic carbocycles. The van der Waals surface area contributed by atoms with Crippen LogP contribution in [0.25, 0.3) is 0 Å². The van der Waals surface area contributed by atoms with Crippen LogP contribution in [0.2, 0.25) is 0 Å². The van der Waals surface area contributed by atoms with Gasteiger partial charge in [-0.25, -0.2) is 4.98 Å². The molecule has 1 unspecified atom stereocenters. The Morgan fingerprint density at radius 3 is 3.11 bits per heavy atom. The van der Waals surface area contributed by atoms with E-state index in [0.717, 1.165) is 19.5 Å². The van der Waals surface area contributed by atoms with Crippen LogP contribution in [0, 0.1) is 5.92 Å². The summed E-state index contributed by atoms with van der Waals surface area (Å²) in [5.74, 6) is 1.28. The summed E-state index contributed by atoms with van der Waals surface area (Å²) in [6, 6.07) is 2.15. The maximum Gasteiger partial charge on any atom is 0.319 e. The van der Waals surface area contributed by atoms with Crippen molar-refractivity contribution in [1.82, 2.24) is 15.3 Å². The third-order valence-corrected chi connectivity index (χ3v) is 3.12. The minimum Gasteiger partial charge on any atom is -0.475 e. The SMILES string of the molecule is CC(C)Oc1ccnc(OCCC2CCCNC2)n1. The molecule has 1 aromatic rings. The van der Waals surface area contributed by atoms with Crippen molar-refractivity contribution < 1.29 is 9.47 Å². The van der Waals surface area contributed by atoms with Crippen LogP contribution in [-0.2, 0) is 0 Å². The topological polar surface area (TPSA) is 56.3 Å². The van der Waals surface area contributed by atoms with E-state index >= 15 is 0 Å². The molecular weight excluding hydrogens is 242 g/mol. The Bertz CT molecular complexity index is 379. The van der Waals surface area contributed by atoms with E-state index in [-0.39, 0.29) is 6.10 Å². The number of hydrogen-bond acceptors (Lipinski definition) is 5. The van der Waals surface area contributed by atoms with E-state index in [1.54, 1.807) is 12.3 Å². The second-order valence-electron chi connectivity index (χ2n) is 5.19. The lowest BCUT2D eigenvalue weighted by Crippen LogP contribution is -2.30. The minimum atomic E-state index is 0.107. The van der Waals surface area contributed by atoms with Crippen molar-refractivity contribution in [3.8, 4) is 11.9 Å². The van der Waals surface area contributed by atoms with Crippen molar-refractivity contribution in [2.45, 2.75) is 39.2 Å². The average Bonchev–Trinajstić information content (AvgIpc) is 2.40. The molecule has 5 nitrogen and oxygen atoms in total. The third-order valence-electron chi connectivity index (χ3n) is 3.12. The first-order chi connectivity index (χ1) is 9.24. The Labute approximate surface area is 114 Å². The van der Waals surface area contributed by atoms with Gasteiger partial charge in [-0.15, -0.1) is 0 Å². The number of nitrogens with one attached hydrogen (secondary N) is 1. The molecule has 2 rings (SSSR count). The summed E-state index contributed by atoms with van der Waals surface area (Å²) in [5, 5.41) is 3.41. The lowest BCUT2D eigenvalue weighted by atomic mass is 9.97. The van der Waals surface area contributed by atoms with Crippen LogP contribution in [0.4, 0.5) is 0 Å². The summed E-state index contributed by atoms with van der Waals surface area (Å²) in [4.78, 5) is 8.32. The Balaban J connectivity index is 1.75. The summed E-state index contributed by atoms with van der Waals surface area (Å²) >= 11 is 0. The van der Waals surface area contributed by atoms with Gasteiger partial charge in [0.1, 0.15) is 0 Å². The Kier molecular flexibility index (Phi) is 5.39. The number of aromatic nitrogens is 2. The summed E-state index contributed by atoms with van der Waals surface area (Å²) in [7, 11) is 0. The van der Waals surface area contributed by atoms with E-state index in [2.05, 4.69) is 15.3 Å². The van der Waals surface area contributed by atoms with Crippen LogP contribution in [-0.4, -0.2) is 35.8 Å². The molecule has 106 valence electrons. The second-order valence-corrected chi connectivity index (χ2v) is 5.19. The van der Waals surface area contributed by atoms with Crippen LogP contribution < -0.4 is 14.8 Å². The third kappa shape index (κ3) is 5.03. The number of piperidine rings is 1. The van der Waals surface area contributed by atoms with Crippen molar-refractivity contribution in [1.29, 1.82) is 0 Å². The highest BCUT2D eigenvalue weighted by molar-refractivity contribution is 5.11. The monoisotopic (exact) mass is 265 g/mol. The molecule has 1 aliphatic heterocycles. The Morgan fingerprint density at radius 2 is 2.37 bits per heavy atom. The van der Waals surface area contributed by atoms with Crippen molar-refractivity contribution in [3.05, 3.63) is 12.3 Å². The van der Waals surface area contributed by atoms with Gasteiger partial charge in [0.25, 0.3) is 0 Å². The maximum atomic E-state index is 5.60. The zero-order valence-corrected chi connectivity index (χ0v) is 11.8. The van der Waals surface area contributed by atoms with Crippen LogP contribution >= 0.6 is 0 Å². The highest BCUT2D eigenvalue weighted by Crippen LogP contribution is 2.15. The van der Waals surface area contributed by atoms with Crippen LogP contribution in [0.15, 0.2) is 12.3 Å². The highest BCUT2D eigenvalue weighted by Gasteiger charge is 2.13. The fourth-order valence-electron chi connectivity index (χ4n) is 2.19. The van der Waals surface area contributed by atoms with Crippen LogP contribution in [0.1, 0.15) is 33.1 Å². The van der Waals surface area contributed by atoms with E-state index in [1.807, 2.05) is 13.8 Å². The number of rotatable bonds is 6. The molecule has 0 saturated carbocycles. The van der Waals surface area contributed by atoms with E-state index < -0.39 is 0 Å². The summed E-state index contributed by atoms with van der Waals surface area (Å²) in [5.41, 5.74) is 0. The number of ether oxygens (including phenoxy) is 2. The second kappa shape index (κ2) is 7.28. The fraction of sp³-hybridized carbons (Fsp3) is 0.714. The van der Waals surface area contributed by atoms with Gasteiger partial charge < -0.3 is 14.8 Å². The normalized spacial score (nSPS) is 19.4. The molecule has 0 bridgehead atoms. The highest BCUT2D eigenvalue weighted by atomic mass is 16.5. The van der Waals surface area contributed by atoms with Gasteiger partial charge in [-0.3, -0.25) is 0 Å². The predicted octanol–water partition coefficient (Wildman–Crippen LogP) is 2.03. The van der Waals surface area contributed by atoms with Gasteiger partial charge in [-0.05, 0) is 52.1 Å². The molecule has 1 atom stereocenters. The molecule has 0 amide bonds. The first-order valence-corrected chi connectivity index (χ1v) is 7.07. The van der Waals surface area contributed by atoms with Gasteiger partial charge in [-0.2, -0.15) is 4.98 Å². The maximum absolute atomic E-state index is 5.60. The lowest BCUT2D eigenvalue weighted by Gasteiger charge is -2.22. The Hall–Kier alpha value is -1.36. The molecule has 1 aromatic heterocycles. The first-order valence-electron chi connectivity index (χ1n) is 7.07. The first kappa shape index (κ1) is 14.1. The minimum absolute atomic E-state index is 0.107. The smallest absolute Gasteiger partial charge is 0.319 e. The molecule has 5 heteroatoms. The molecule has 0 radical (unpaired) electrons. The van der Waals surface area contributed by atoms with Gasteiger partial charge in [0.05, 0.1) is 12.7 Å². The zero-order chi connectivity index (χ0) is 13.5. The predicted molar refractivity (Wildman–Crippen MR) is 73.5 cm³/mol. The van der Waals surface area contributed by atoms with E-state index in [9.17, 15) is 0 Å². The van der Waals surface area contributed by atoms with Crippen molar-refractivity contribution in [2.75, 3.05) is 19.7 Å². The number of hydrogen-bond donors (Lipinski definition) is 1. The van der Waals surface area contributed by atoms with E-state index in [1.165, 1.54) is 12.8 Å². The van der Waals surface area contributed by atoms with Gasteiger partial charge in [0.15, 0.2) is 0 Å². The van der Waals surface area contributed by atoms with E-state index in [0.29, 0.717) is 24.4 Å². The van der Waals surface area contributed by atoms with Crippen molar-refractivity contribution in [2.24, 2.45) is 5.92 Å². The molecule has 1 N–H and O–H groups in total. The standard InChI is InChI=1S/C14H23N3O2/c1-11(2)19-13-5-8-16-14(17-13)18-9-6-12-4-3-7-15-10-12/h5,8,11-12,15H,3-4,6-7,9-10H2,1-2H3. The molecule has 2 heterocycles. The molecular formula is C14H23N3O2. The quantitative estimate of drug-likeness (QED) is 0.853. The Morgan fingerprint density at radius 1 is 1.47 bits per heavy atom. The molecule has 19 heavy (non-hydrogen) atoms. The van der Waals surface area contributed by atoms with Crippen LogP contribution in [0.5, 0.6) is 11.9 Å². The molecule has 1 saturated heterocycles. The zero-order valence-electron chi connectivity index (χ0n) is 11.8. The molecule has 1 aliphatic rings. The van der Waals surface area contributed by atoms with Gasteiger partial charge in [-0.1, -0.05) is 0 Å². The number of nitrogens with zero attached hydrogens (tertiary/aromatic N) is 2. The summed E-state index contributed by atoms with van der Waals surface area (Å²) < 4.78 is 11.1. The summed E-state index contributed by atoms with van der Waals surface area (Å²) in [6.07, 6.45) is 5.37. The van der Waals surface area contributed by atoms with Crippen molar-refractivity contribution >= 4 is 0 Å². The van der Waals surface area contributed by atoms with Gasteiger partial charge in [0.2, 0.25) is 5.88 Å². The van der Waals surface area contributed by atoms with Gasteiger partial charge >= 0.3 is 6.01 Å². The van der Waals surface area contributed by atoms with Crippen LogP contribution in [0.3, 0.4) is 0 Å². The average molecular weight is 265 g/mol.